The molecule has 0 aliphatic heterocycles. The summed E-state index contributed by atoms with van der Waals surface area (Å²) in [5.41, 5.74) is 1.72. The van der Waals surface area contributed by atoms with E-state index in [9.17, 15) is 4.39 Å². The van der Waals surface area contributed by atoms with Crippen LogP contribution >= 0.6 is 0 Å². The van der Waals surface area contributed by atoms with E-state index in [1.165, 1.54) is 0 Å². The lowest BCUT2D eigenvalue weighted by Crippen LogP contribution is -2.20. The molecule has 15 heavy (non-hydrogen) atoms. The van der Waals surface area contributed by atoms with Crippen LogP contribution in [0.2, 0.25) is 0 Å². The molecule has 1 atom stereocenters. The predicted molar refractivity (Wildman–Crippen MR) is 58.2 cm³/mol. The highest BCUT2D eigenvalue weighted by molar-refractivity contribution is 5.33. The molecule has 0 saturated carbocycles. The van der Waals surface area contributed by atoms with E-state index in [1.807, 2.05) is 25.1 Å². The molecular formula is C12H15FN2. The van der Waals surface area contributed by atoms with Gasteiger partial charge in [0.1, 0.15) is 0 Å². The van der Waals surface area contributed by atoms with Gasteiger partial charge < -0.3 is 5.32 Å². The average Bonchev–Trinajstić information content (AvgIpc) is 2.29. The van der Waals surface area contributed by atoms with Crippen LogP contribution in [0.15, 0.2) is 24.3 Å². The predicted octanol–water partition coefficient (Wildman–Crippen LogP) is 2.57. The fraction of sp³-hybridized carbons (Fsp3) is 0.417. The van der Waals surface area contributed by atoms with Gasteiger partial charge in [0.15, 0.2) is 0 Å². The number of nitrogens with zero attached hydrogens (tertiary/aromatic N) is 1. The maximum Gasteiger partial charge on any atom is 0.0991 e. The smallest absolute Gasteiger partial charge is 0.0991 e. The van der Waals surface area contributed by atoms with Gasteiger partial charge in [-0.15, -0.1) is 0 Å². The van der Waals surface area contributed by atoms with Crippen LogP contribution in [-0.2, 0) is 0 Å². The standard InChI is InChI=1S/C12H15FN2/c1-10(15-7-3-6-13)12-5-2-4-11(8-12)9-14/h2,4-5,8,10,15H,3,6-7H2,1H3. The highest BCUT2D eigenvalue weighted by Crippen LogP contribution is 2.13. The van der Waals surface area contributed by atoms with E-state index >= 15 is 0 Å². The molecule has 1 aromatic rings. The second-order valence-electron chi connectivity index (χ2n) is 3.46. The Hall–Kier alpha value is -1.40. The van der Waals surface area contributed by atoms with Crippen molar-refractivity contribution in [2.75, 3.05) is 13.2 Å². The Morgan fingerprint density at radius 1 is 1.53 bits per heavy atom. The monoisotopic (exact) mass is 206 g/mol. The summed E-state index contributed by atoms with van der Waals surface area (Å²) in [4.78, 5) is 0. The van der Waals surface area contributed by atoms with Crippen LogP contribution in [0.4, 0.5) is 4.39 Å². The van der Waals surface area contributed by atoms with Crippen LogP contribution in [0, 0.1) is 11.3 Å². The van der Waals surface area contributed by atoms with E-state index in [4.69, 9.17) is 5.26 Å². The van der Waals surface area contributed by atoms with Crippen molar-refractivity contribution in [2.24, 2.45) is 0 Å². The fourth-order valence-corrected chi connectivity index (χ4v) is 1.38. The topological polar surface area (TPSA) is 35.8 Å². The molecule has 80 valence electrons. The third kappa shape index (κ3) is 3.69. The molecule has 1 N–H and O–H groups in total. The third-order valence-electron chi connectivity index (χ3n) is 2.28. The molecule has 0 amide bonds. The number of rotatable bonds is 5. The van der Waals surface area contributed by atoms with Crippen molar-refractivity contribution < 1.29 is 4.39 Å². The van der Waals surface area contributed by atoms with Crippen LogP contribution < -0.4 is 5.32 Å². The summed E-state index contributed by atoms with van der Waals surface area (Å²) < 4.78 is 11.9. The Kier molecular flexibility index (Phi) is 4.79. The van der Waals surface area contributed by atoms with Crippen molar-refractivity contribution in [1.29, 1.82) is 5.26 Å². The highest BCUT2D eigenvalue weighted by atomic mass is 19.1. The summed E-state index contributed by atoms with van der Waals surface area (Å²) in [6.07, 6.45) is 0.530. The molecule has 1 rings (SSSR count). The molecule has 0 aliphatic rings. The van der Waals surface area contributed by atoms with Crippen molar-refractivity contribution in [3.8, 4) is 6.07 Å². The minimum atomic E-state index is -0.294. The zero-order valence-electron chi connectivity index (χ0n) is 8.83. The first-order valence-corrected chi connectivity index (χ1v) is 5.07. The molecule has 0 saturated heterocycles. The van der Waals surface area contributed by atoms with Gasteiger partial charge in [-0.2, -0.15) is 5.26 Å². The molecule has 0 bridgehead atoms. The molecule has 0 radical (unpaired) electrons. The molecular weight excluding hydrogens is 191 g/mol. The Labute approximate surface area is 89.7 Å². The Morgan fingerprint density at radius 3 is 3.00 bits per heavy atom. The molecule has 0 heterocycles. The maximum absolute atomic E-state index is 11.9. The summed E-state index contributed by atoms with van der Waals surface area (Å²) >= 11 is 0. The lowest BCUT2D eigenvalue weighted by molar-refractivity contribution is 0.446. The quantitative estimate of drug-likeness (QED) is 0.751. The summed E-state index contributed by atoms with van der Waals surface area (Å²) in [5.74, 6) is 0. The summed E-state index contributed by atoms with van der Waals surface area (Å²) in [6.45, 7) is 2.38. The SMILES string of the molecule is CC(NCCCF)c1cccc(C#N)c1. The van der Waals surface area contributed by atoms with Crippen LogP contribution in [0.3, 0.4) is 0 Å². The first kappa shape index (κ1) is 11.7. The van der Waals surface area contributed by atoms with Gasteiger partial charge in [0.2, 0.25) is 0 Å². The van der Waals surface area contributed by atoms with Crippen LogP contribution in [0.5, 0.6) is 0 Å². The second-order valence-corrected chi connectivity index (χ2v) is 3.46. The number of halogens is 1. The van der Waals surface area contributed by atoms with E-state index in [1.54, 1.807) is 6.07 Å². The number of benzene rings is 1. The second kappa shape index (κ2) is 6.15. The number of hydrogen-bond donors (Lipinski definition) is 1. The van der Waals surface area contributed by atoms with Gasteiger partial charge in [0.05, 0.1) is 18.3 Å². The van der Waals surface area contributed by atoms with E-state index in [0.29, 0.717) is 18.5 Å². The molecule has 3 heteroatoms. The van der Waals surface area contributed by atoms with Gasteiger partial charge in [-0.3, -0.25) is 4.39 Å². The molecule has 0 aromatic heterocycles. The van der Waals surface area contributed by atoms with Gasteiger partial charge in [-0.25, -0.2) is 0 Å². The summed E-state index contributed by atoms with van der Waals surface area (Å²) in [5, 5.41) is 11.9. The van der Waals surface area contributed by atoms with Crippen LogP contribution in [0.1, 0.15) is 30.5 Å². The van der Waals surface area contributed by atoms with Gasteiger partial charge in [-0.05, 0) is 37.6 Å². The number of nitriles is 1. The first-order chi connectivity index (χ1) is 7.27. The minimum absolute atomic E-state index is 0.157. The van der Waals surface area contributed by atoms with Gasteiger partial charge in [-0.1, -0.05) is 12.1 Å². The van der Waals surface area contributed by atoms with Gasteiger partial charge in [0, 0.05) is 6.04 Å². The van der Waals surface area contributed by atoms with Crippen LogP contribution in [-0.4, -0.2) is 13.2 Å². The lowest BCUT2D eigenvalue weighted by atomic mass is 10.1. The fourth-order valence-electron chi connectivity index (χ4n) is 1.38. The molecule has 0 fully saturated rings. The van der Waals surface area contributed by atoms with E-state index < -0.39 is 0 Å². The van der Waals surface area contributed by atoms with Gasteiger partial charge >= 0.3 is 0 Å². The molecule has 0 aliphatic carbocycles. The zero-order valence-corrected chi connectivity index (χ0v) is 8.83. The Balaban J connectivity index is 2.57. The average molecular weight is 206 g/mol. The van der Waals surface area contributed by atoms with E-state index in [-0.39, 0.29) is 12.7 Å². The molecule has 1 aromatic carbocycles. The van der Waals surface area contributed by atoms with Crippen molar-refractivity contribution in [2.45, 2.75) is 19.4 Å². The van der Waals surface area contributed by atoms with Crippen molar-refractivity contribution >= 4 is 0 Å². The van der Waals surface area contributed by atoms with E-state index in [2.05, 4.69) is 11.4 Å². The number of nitrogens with one attached hydrogen (secondary N) is 1. The highest BCUT2D eigenvalue weighted by Gasteiger charge is 2.04. The van der Waals surface area contributed by atoms with Crippen LogP contribution in [0.25, 0.3) is 0 Å². The summed E-state index contributed by atoms with van der Waals surface area (Å²) in [7, 11) is 0. The maximum atomic E-state index is 11.9. The Morgan fingerprint density at radius 2 is 2.33 bits per heavy atom. The number of hydrogen-bond acceptors (Lipinski definition) is 2. The molecule has 0 spiro atoms. The zero-order chi connectivity index (χ0) is 11.1. The largest absolute Gasteiger partial charge is 0.310 e. The van der Waals surface area contributed by atoms with Crippen molar-refractivity contribution in [1.82, 2.24) is 5.32 Å². The Bertz CT molecular complexity index is 344. The van der Waals surface area contributed by atoms with Gasteiger partial charge in [0.25, 0.3) is 0 Å². The normalized spacial score (nSPS) is 12.1. The number of alkyl halides is 1. The third-order valence-corrected chi connectivity index (χ3v) is 2.28. The van der Waals surface area contributed by atoms with E-state index in [0.717, 1.165) is 5.56 Å². The minimum Gasteiger partial charge on any atom is -0.310 e. The molecule has 2 nitrogen and oxygen atoms in total. The first-order valence-electron chi connectivity index (χ1n) is 5.07. The van der Waals surface area contributed by atoms with Crippen molar-refractivity contribution in [3.63, 3.8) is 0 Å². The summed E-state index contributed by atoms with van der Waals surface area (Å²) in [6, 6.07) is 9.72. The van der Waals surface area contributed by atoms with Crippen molar-refractivity contribution in [3.05, 3.63) is 35.4 Å². The molecule has 1 unspecified atom stereocenters. The lowest BCUT2D eigenvalue weighted by Gasteiger charge is -2.13.